The second-order valence-corrected chi connectivity index (χ2v) is 3.92. The molecule has 0 aliphatic heterocycles. The van der Waals surface area contributed by atoms with Crippen LogP contribution in [0, 0.1) is 0 Å². The Morgan fingerprint density at radius 2 is 2.37 bits per heavy atom. The normalized spacial score (nSPS) is 12.1. The molecule has 0 spiro atoms. The number of nitrogens with zero attached hydrogens (tertiary/aromatic N) is 1. The molecule has 0 aliphatic rings. The smallest absolute Gasteiger partial charge is 0.340 e. The van der Waals surface area contributed by atoms with Crippen molar-refractivity contribution >= 4 is 5.69 Å². The van der Waals surface area contributed by atoms with Crippen molar-refractivity contribution in [2.45, 2.75) is 13.0 Å². The Morgan fingerprint density at radius 3 is 3.05 bits per heavy atom. The molecule has 1 atom stereocenters. The van der Waals surface area contributed by atoms with Crippen LogP contribution in [0.3, 0.4) is 0 Å². The summed E-state index contributed by atoms with van der Waals surface area (Å²) in [4.78, 5) is 13.3. The van der Waals surface area contributed by atoms with E-state index in [1.807, 2.05) is 31.2 Å². The van der Waals surface area contributed by atoms with Gasteiger partial charge in [0.25, 0.3) is 0 Å². The van der Waals surface area contributed by atoms with Crippen molar-refractivity contribution in [3.05, 3.63) is 40.6 Å². The maximum Gasteiger partial charge on any atom is 0.340 e. The zero-order chi connectivity index (χ0) is 13.7. The average molecular weight is 264 g/mol. The van der Waals surface area contributed by atoms with E-state index in [2.05, 4.69) is 20.5 Å². The number of benzene rings is 1. The highest BCUT2D eigenvalue weighted by Crippen LogP contribution is 2.18. The molecular weight excluding hydrogens is 248 g/mol. The molecule has 0 bridgehead atoms. The Kier molecular flexibility index (Phi) is 4.19. The quantitative estimate of drug-likeness (QED) is 0.613. The van der Waals surface area contributed by atoms with E-state index in [1.54, 1.807) is 0 Å². The summed E-state index contributed by atoms with van der Waals surface area (Å²) in [7, 11) is 0. The molecule has 0 aliphatic carbocycles. The third-order valence-corrected chi connectivity index (χ3v) is 2.48. The van der Waals surface area contributed by atoms with E-state index in [0.717, 1.165) is 11.4 Å². The van der Waals surface area contributed by atoms with Crippen LogP contribution in [0.25, 0.3) is 0 Å². The summed E-state index contributed by atoms with van der Waals surface area (Å²) in [5.74, 6) is 0.966. The lowest BCUT2D eigenvalue weighted by Gasteiger charge is -2.11. The summed E-state index contributed by atoms with van der Waals surface area (Å²) in [5, 5.41) is 18.7. The third-order valence-electron chi connectivity index (χ3n) is 2.48. The molecule has 1 aromatic carbocycles. The molecular formula is C12H16N4O3. The second kappa shape index (κ2) is 6.05. The predicted octanol–water partition coefficient (Wildman–Crippen LogP) is 0.642. The van der Waals surface area contributed by atoms with Crippen molar-refractivity contribution in [3.8, 4) is 5.75 Å². The molecule has 1 unspecified atom stereocenters. The van der Waals surface area contributed by atoms with Crippen molar-refractivity contribution in [1.29, 1.82) is 0 Å². The Morgan fingerprint density at radius 1 is 1.53 bits per heavy atom. The maximum absolute atomic E-state index is 10.9. The van der Waals surface area contributed by atoms with Crippen LogP contribution in [0.5, 0.6) is 5.75 Å². The van der Waals surface area contributed by atoms with Crippen LogP contribution in [-0.4, -0.2) is 33.4 Å². The van der Waals surface area contributed by atoms with E-state index in [1.165, 1.54) is 0 Å². The number of nitrogens with one attached hydrogen (secondary N) is 3. The molecule has 4 N–H and O–H groups in total. The first-order valence-corrected chi connectivity index (χ1v) is 5.98. The summed E-state index contributed by atoms with van der Waals surface area (Å²) in [5.41, 5.74) is 0.385. The molecule has 0 saturated heterocycles. The van der Waals surface area contributed by atoms with E-state index in [4.69, 9.17) is 4.74 Å². The van der Waals surface area contributed by atoms with E-state index < -0.39 is 11.8 Å². The van der Waals surface area contributed by atoms with Gasteiger partial charge in [0.1, 0.15) is 11.9 Å². The van der Waals surface area contributed by atoms with Gasteiger partial charge in [0.05, 0.1) is 6.61 Å². The molecule has 19 heavy (non-hydrogen) atoms. The zero-order valence-corrected chi connectivity index (χ0v) is 10.5. The van der Waals surface area contributed by atoms with Crippen LogP contribution >= 0.6 is 0 Å². The van der Waals surface area contributed by atoms with Gasteiger partial charge in [-0.2, -0.15) is 5.10 Å². The number of aliphatic hydroxyl groups excluding tert-OH is 1. The van der Waals surface area contributed by atoms with Crippen molar-refractivity contribution in [2.24, 2.45) is 0 Å². The van der Waals surface area contributed by atoms with Gasteiger partial charge in [0, 0.05) is 18.3 Å². The lowest BCUT2D eigenvalue weighted by atomic mass is 10.2. The Bertz CT molecular complexity index is 578. The van der Waals surface area contributed by atoms with Gasteiger partial charge in [0.15, 0.2) is 5.82 Å². The summed E-state index contributed by atoms with van der Waals surface area (Å²) >= 11 is 0. The molecule has 2 aromatic rings. The van der Waals surface area contributed by atoms with Crippen molar-refractivity contribution in [3.63, 3.8) is 0 Å². The number of rotatable bonds is 6. The Labute approximate surface area is 109 Å². The summed E-state index contributed by atoms with van der Waals surface area (Å²) in [6.07, 6.45) is -0.894. The highest BCUT2D eigenvalue weighted by Gasteiger charge is 2.11. The monoisotopic (exact) mass is 264 g/mol. The molecule has 1 heterocycles. The second-order valence-electron chi connectivity index (χ2n) is 3.92. The van der Waals surface area contributed by atoms with Gasteiger partial charge in [-0.3, -0.25) is 4.98 Å². The van der Waals surface area contributed by atoms with Crippen molar-refractivity contribution in [2.75, 3.05) is 18.5 Å². The molecule has 2 rings (SSSR count). The van der Waals surface area contributed by atoms with Crippen LogP contribution in [0.15, 0.2) is 29.1 Å². The van der Waals surface area contributed by atoms with Crippen LogP contribution in [0.2, 0.25) is 0 Å². The van der Waals surface area contributed by atoms with Crippen LogP contribution in [0.1, 0.15) is 18.9 Å². The number of anilines is 1. The van der Waals surface area contributed by atoms with E-state index >= 15 is 0 Å². The molecule has 7 heteroatoms. The summed E-state index contributed by atoms with van der Waals surface area (Å²) < 4.78 is 5.37. The molecule has 0 fully saturated rings. The Hall–Kier alpha value is -2.28. The average Bonchev–Trinajstić information content (AvgIpc) is 2.84. The standard InChI is InChI=1S/C12H16N4O3/c1-2-19-9-5-3-4-8(6-9)13-7-10(17)11-14-12(18)16-15-11/h3-6,10,13,17H,2,7H2,1H3,(H2,14,15,16,18). The number of aromatic amines is 2. The molecule has 0 radical (unpaired) electrons. The minimum absolute atomic E-state index is 0.207. The largest absolute Gasteiger partial charge is 0.494 e. The fourth-order valence-electron chi connectivity index (χ4n) is 1.61. The highest BCUT2D eigenvalue weighted by atomic mass is 16.5. The predicted molar refractivity (Wildman–Crippen MR) is 70.3 cm³/mol. The number of ether oxygens (including phenoxy) is 1. The number of hydrogen-bond acceptors (Lipinski definition) is 5. The molecule has 102 valence electrons. The minimum Gasteiger partial charge on any atom is -0.494 e. The van der Waals surface area contributed by atoms with E-state index in [9.17, 15) is 9.90 Å². The number of aliphatic hydroxyl groups is 1. The van der Waals surface area contributed by atoms with Crippen molar-refractivity contribution in [1.82, 2.24) is 15.2 Å². The van der Waals surface area contributed by atoms with Crippen LogP contribution < -0.4 is 15.7 Å². The number of aromatic nitrogens is 3. The SMILES string of the molecule is CCOc1cccc(NCC(O)c2n[nH]c(=O)[nH]2)c1. The first kappa shape index (κ1) is 13.2. The third kappa shape index (κ3) is 3.59. The zero-order valence-electron chi connectivity index (χ0n) is 10.5. The molecule has 1 aromatic heterocycles. The summed E-state index contributed by atoms with van der Waals surface area (Å²) in [6, 6.07) is 7.42. The first-order chi connectivity index (χ1) is 9.19. The fourth-order valence-corrected chi connectivity index (χ4v) is 1.61. The maximum atomic E-state index is 10.9. The lowest BCUT2D eigenvalue weighted by molar-refractivity contribution is 0.182. The van der Waals surface area contributed by atoms with Crippen molar-refractivity contribution < 1.29 is 9.84 Å². The van der Waals surface area contributed by atoms with Gasteiger partial charge in [-0.25, -0.2) is 9.89 Å². The number of H-pyrrole nitrogens is 2. The Balaban J connectivity index is 1.94. The molecule has 0 amide bonds. The molecule has 7 nitrogen and oxygen atoms in total. The topological polar surface area (TPSA) is 103 Å². The van der Waals surface area contributed by atoms with Gasteiger partial charge >= 0.3 is 5.69 Å². The first-order valence-electron chi connectivity index (χ1n) is 5.98. The van der Waals surface area contributed by atoms with E-state index in [0.29, 0.717) is 6.61 Å². The van der Waals surface area contributed by atoms with Gasteiger partial charge < -0.3 is 15.2 Å². The van der Waals surface area contributed by atoms with Crippen LogP contribution in [-0.2, 0) is 0 Å². The fraction of sp³-hybridized carbons (Fsp3) is 0.333. The minimum atomic E-state index is -0.894. The summed E-state index contributed by atoms with van der Waals surface area (Å²) in [6.45, 7) is 2.74. The highest BCUT2D eigenvalue weighted by molar-refractivity contribution is 5.48. The number of hydrogen-bond donors (Lipinski definition) is 4. The lowest BCUT2D eigenvalue weighted by Crippen LogP contribution is -2.14. The van der Waals surface area contributed by atoms with E-state index in [-0.39, 0.29) is 12.4 Å². The van der Waals surface area contributed by atoms with Gasteiger partial charge in [-0.1, -0.05) is 6.07 Å². The van der Waals surface area contributed by atoms with Gasteiger partial charge in [-0.15, -0.1) is 0 Å². The van der Waals surface area contributed by atoms with Gasteiger partial charge in [-0.05, 0) is 19.1 Å². The van der Waals surface area contributed by atoms with Gasteiger partial charge in [0.2, 0.25) is 0 Å². The van der Waals surface area contributed by atoms with Crippen LogP contribution in [0.4, 0.5) is 5.69 Å². The molecule has 0 saturated carbocycles.